The van der Waals surface area contributed by atoms with E-state index in [1.807, 2.05) is 12.1 Å². The molecule has 0 spiro atoms. The molecule has 2 fully saturated rings. The Morgan fingerprint density at radius 1 is 1.15 bits per heavy atom. The minimum atomic E-state index is -0.0865. The largest absolute Gasteiger partial charge is 0.348 e. The van der Waals surface area contributed by atoms with Crippen LogP contribution in [0.5, 0.6) is 0 Å². The first kappa shape index (κ1) is 16.4. The van der Waals surface area contributed by atoms with Crippen LogP contribution in [0.4, 0.5) is 0 Å². The summed E-state index contributed by atoms with van der Waals surface area (Å²) in [6, 6.07) is 8.46. The van der Waals surface area contributed by atoms with E-state index in [0.29, 0.717) is 17.7 Å². The molecule has 3 aliphatic carbocycles. The summed E-state index contributed by atoms with van der Waals surface area (Å²) >= 11 is 6.10. The lowest BCUT2D eigenvalue weighted by molar-refractivity contribution is 0.0920. The smallest absolute Gasteiger partial charge is 0.272 e. The Labute approximate surface area is 158 Å². The van der Waals surface area contributed by atoms with Crippen LogP contribution in [0.2, 0.25) is 5.02 Å². The standard InChI is InChI=1S/C21H24ClN3O/c22-15-8-6-14(7-9-15)21-11-10-13(12-21)18-17(21)19(25-24-18)20(26)23-16-4-2-1-3-5-16/h6-9,13,16H,1-5,10-12H2,(H,23,26)(H,24,25). The number of carbonyl (C=O) groups excluding carboxylic acids is 1. The Morgan fingerprint density at radius 3 is 2.69 bits per heavy atom. The van der Waals surface area contributed by atoms with Crippen molar-refractivity contribution in [3.8, 4) is 0 Å². The molecule has 1 aromatic heterocycles. The Balaban J connectivity index is 1.51. The van der Waals surface area contributed by atoms with E-state index >= 15 is 0 Å². The van der Waals surface area contributed by atoms with Crippen LogP contribution in [0.3, 0.4) is 0 Å². The van der Waals surface area contributed by atoms with E-state index in [1.165, 1.54) is 30.5 Å². The van der Waals surface area contributed by atoms with Crippen molar-refractivity contribution in [3.05, 3.63) is 51.8 Å². The van der Waals surface area contributed by atoms with E-state index in [9.17, 15) is 4.79 Å². The topological polar surface area (TPSA) is 57.8 Å². The summed E-state index contributed by atoms with van der Waals surface area (Å²) in [6.45, 7) is 0. The molecular formula is C21H24ClN3O. The SMILES string of the molecule is O=C(NC1CCCCC1)c1n[nH]c2c1C1(c3ccc(Cl)cc3)CCC2C1. The summed E-state index contributed by atoms with van der Waals surface area (Å²) in [4.78, 5) is 13.0. The van der Waals surface area contributed by atoms with Crippen LogP contribution in [0.25, 0.3) is 0 Å². The Bertz CT molecular complexity index is 837. The number of aromatic nitrogens is 2. The van der Waals surface area contributed by atoms with Crippen LogP contribution < -0.4 is 5.32 Å². The molecule has 2 bridgehead atoms. The number of rotatable bonds is 3. The van der Waals surface area contributed by atoms with E-state index in [-0.39, 0.29) is 11.3 Å². The van der Waals surface area contributed by atoms with E-state index in [1.54, 1.807) is 0 Å². The van der Waals surface area contributed by atoms with Crippen molar-refractivity contribution in [2.75, 3.05) is 0 Å². The summed E-state index contributed by atoms with van der Waals surface area (Å²) in [7, 11) is 0. The molecule has 2 saturated carbocycles. The van der Waals surface area contributed by atoms with Crippen LogP contribution in [0.1, 0.15) is 84.6 Å². The molecule has 0 saturated heterocycles. The first-order chi connectivity index (χ1) is 12.7. The molecule has 1 amide bonds. The summed E-state index contributed by atoms with van der Waals surface area (Å²) < 4.78 is 0. The molecule has 5 rings (SSSR count). The van der Waals surface area contributed by atoms with Gasteiger partial charge in [0, 0.05) is 33.7 Å². The van der Waals surface area contributed by atoms with E-state index in [2.05, 4.69) is 27.6 Å². The highest BCUT2D eigenvalue weighted by molar-refractivity contribution is 6.30. The van der Waals surface area contributed by atoms with Gasteiger partial charge in [-0.25, -0.2) is 0 Å². The Hall–Kier alpha value is -1.81. The summed E-state index contributed by atoms with van der Waals surface area (Å²) in [5.74, 6) is 0.486. The molecular weight excluding hydrogens is 346 g/mol. The molecule has 4 nitrogen and oxygen atoms in total. The average Bonchev–Trinajstić information content (AvgIpc) is 3.35. The second-order valence-electron chi connectivity index (χ2n) is 8.20. The van der Waals surface area contributed by atoms with Gasteiger partial charge in [-0.2, -0.15) is 5.10 Å². The zero-order valence-corrected chi connectivity index (χ0v) is 15.6. The number of H-pyrrole nitrogens is 1. The second kappa shape index (κ2) is 6.12. The van der Waals surface area contributed by atoms with Gasteiger partial charge >= 0.3 is 0 Å². The fourth-order valence-corrected chi connectivity index (χ4v) is 5.62. The maximum atomic E-state index is 13.0. The first-order valence-corrected chi connectivity index (χ1v) is 10.2. The van der Waals surface area contributed by atoms with Crippen LogP contribution >= 0.6 is 11.6 Å². The molecule has 1 heterocycles. The van der Waals surface area contributed by atoms with Crippen molar-refractivity contribution in [1.29, 1.82) is 0 Å². The average molecular weight is 370 g/mol. The van der Waals surface area contributed by atoms with Crippen LogP contribution in [-0.2, 0) is 5.41 Å². The fourth-order valence-electron chi connectivity index (χ4n) is 5.49. The van der Waals surface area contributed by atoms with Crippen molar-refractivity contribution < 1.29 is 4.79 Å². The van der Waals surface area contributed by atoms with Crippen LogP contribution in [0, 0.1) is 0 Å². The van der Waals surface area contributed by atoms with Crippen LogP contribution in [-0.4, -0.2) is 22.1 Å². The monoisotopic (exact) mass is 369 g/mol. The molecule has 2 aromatic rings. The third-order valence-electron chi connectivity index (χ3n) is 6.75. The van der Waals surface area contributed by atoms with Gasteiger partial charge in [-0.3, -0.25) is 9.89 Å². The number of halogens is 1. The molecule has 26 heavy (non-hydrogen) atoms. The zero-order chi connectivity index (χ0) is 17.7. The summed E-state index contributed by atoms with van der Waals surface area (Å²) in [6.07, 6.45) is 9.18. The van der Waals surface area contributed by atoms with Gasteiger partial charge in [-0.15, -0.1) is 0 Å². The molecule has 2 N–H and O–H groups in total. The number of nitrogens with one attached hydrogen (secondary N) is 2. The molecule has 3 aliphatic rings. The van der Waals surface area contributed by atoms with Crippen LogP contribution in [0.15, 0.2) is 24.3 Å². The Morgan fingerprint density at radius 2 is 1.92 bits per heavy atom. The highest BCUT2D eigenvalue weighted by Gasteiger charge is 2.53. The number of amides is 1. The number of carbonyl (C=O) groups is 1. The van der Waals surface area contributed by atoms with Gasteiger partial charge in [-0.1, -0.05) is 43.0 Å². The van der Waals surface area contributed by atoms with Crippen molar-refractivity contribution >= 4 is 17.5 Å². The third-order valence-corrected chi connectivity index (χ3v) is 7.00. The number of hydrogen-bond acceptors (Lipinski definition) is 2. The third kappa shape index (κ3) is 2.42. The molecule has 136 valence electrons. The molecule has 1 aromatic carbocycles. The number of fused-ring (bicyclic) bond motifs is 5. The fraction of sp³-hybridized carbons (Fsp3) is 0.524. The van der Waals surface area contributed by atoms with E-state index in [0.717, 1.165) is 42.7 Å². The zero-order valence-electron chi connectivity index (χ0n) is 14.9. The van der Waals surface area contributed by atoms with Crippen molar-refractivity contribution in [1.82, 2.24) is 15.5 Å². The number of aromatic amines is 1. The van der Waals surface area contributed by atoms with Gasteiger partial charge in [-0.05, 0) is 49.8 Å². The van der Waals surface area contributed by atoms with Gasteiger partial charge in [0.25, 0.3) is 5.91 Å². The van der Waals surface area contributed by atoms with E-state index < -0.39 is 0 Å². The van der Waals surface area contributed by atoms with Gasteiger partial charge < -0.3 is 5.32 Å². The minimum Gasteiger partial charge on any atom is -0.348 e. The van der Waals surface area contributed by atoms with Crippen molar-refractivity contribution in [2.45, 2.75) is 68.7 Å². The molecule has 2 unspecified atom stereocenters. The van der Waals surface area contributed by atoms with Gasteiger partial charge in [0.1, 0.15) is 0 Å². The highest BCUT2D eigenvalue weighted by atomic mass is 35.5. The number of nitrogens with zero attached hydrogens (tertiary/aromatic N) is 1. The van der Waals surface area contributed by atoms with Gasteiger partial charge in [0.2, 0.25) is 0 Å². The second-order valence-corrected chi connectivity index (χ2v) is 8.63. The maximum absolute atomic E-state index is 13.0. The van der Waals surface area contributed by atoms with E-state index in [4.69, 9.17) is 11.6 Å². The Kier molecular flexibility index (Phi) is 3.85. The van der Waals surface area contributed by atoms with Gasteiger partial charge in [0.05, 0.1) is 0 Å². The maximum Gasteiger partial charge on any atom is 0.272 e. The predicted octanol–water partition coefficient (Wildman–Crippen LogP) is 4.69. The molecule has 5 heteroatoms. The minimum absolute atomic E-state index is 0.00436. The lowest BCUT2D eigenvalue weighted by Gasteiger charge is -2.29. The lowest BCUT2D eigenvalue weighted by atomic mass is 9.74. The number of hydrogen-bond donors (Lipinski definition) is 2. The summed E-state index contributed by atoms with van der Waals surface area (Å²) in [5.41, 5.74) is 4.11. The molecule has 0 aliphatic heterocycles. The van der Waals surface area contributed by atoms with Crippen molar-refractivity contribution in [2.24, 2.45) is 0 Å². The lowest BCUT2D eigenvalue weighted by Crippen LogP contribution is -2.38. The van der Waals surface area contributed by atoms with Gasteiger partial charge in [0.15, 0.2) is 5.69 Å². The molecule has 0 radical (unpaired) electrons. The predicted molar refractivity (Wildman–Crippen MR) is 102 cm³/mol. The quantitative estimate of drug-likeness (QED) is 0.824. The highest BCUT2D eigenvalue weighted by Crippen LogP contribution is 2.60. The molecule has 2 atom stereocenters. The number of benzene rings is 1. The summed E-state index contributed by atoms with van der Waals surface area (Å²) in [5, 5.41) is 11.7. The van der Waals surface area contributed by atoms with Crippen molar-refractivity contribution in [3.63, 3.8) is 0 Å². The first-order valence-electron chi connectivity index (χ1n) is 9.83. The normalized spacial score (nSPS) is 27.5.